The third-order valence-corrected chi connectivity index (χ3v) is 5.69. The maximum absolute atomic E-state index is 12.8. The minimum absolute atomic E-state index is 0.0370. The third kappa shape index (κ3) is 3.46. The SMILES string of the molecule is CC(C)c1ccc(N2C[C@H](C(=O)N3CC(c4cccnc4)C3)CC2=O)cc1. The Morgan fingerprint density at radius 2 is 1.85 bits per heavy atom. The van der Waals surface area contributed by atoms with Gasteiger partial charge in [-0.2, -0.15) is 0 Å². The first kappa shape index (κ1) is 17.7. The van der Waals surface area contributed by atoms with Crippen LogP contribution >= 0.6 is 0 Å². The maximum Gasteiger partial charge on any atom is 0.228 e. The molecule has 0 radical (unpaired) electrons. The summed E-state index contributed by atoms with van der Waals surface area (Å²) >= 11 is 0. The summed E-state index contributed by atoms with van der Waals surface area (Å²) in [5.41, 5.74) is 3.31. The van der Waals surface area contributed by atoms with Crippen LogP contribution in [0.4, 0.5) is 5.69 Å². The zero-order chi connectivity index (χ0) is 19.0. The lowest BCUT2D eigenvalue weighted by Crippen LogP contribution is -2.51. The van der Waals surface area contributed by atoms with Crippen LogP contribution in [0, 0.1) is 5.92 Å². The van der Waals surface area contributed by atoms with Crippen LogP contribution in [0.1, 0.15) is 43.2 Å². The molecule has 1 aromatic carbocycles. The van der Waals surface area contributed by atoms with Crippen LogP contribution in [0.15, 0.2) is 48.8 Å². The molecule has 5 nitrogen and oxygen atoms in total. The highest BCUT2D eigenvalue weighted by Gasteiger charge is 2.41. The van der Waals surface area contributed by atoms with Crippen molar-refractivity contribution in [1.82, 2.24) is 9.88 Å². The minimum atomic E-state index is -0.239. The van der Waals surface area contributed by atoms with Gasteiger partial charge in [0.1, 0.15) is 0 Å². The van der Waals surface area contributed by atoms with Crippen LogP contribution in [0.3, 0.4) is 0 Å². The highest BCUT2D eigenvalue weighted by atomic mass is 16.2. The van der Waals surface area contributed by atoms with Crippen LogP contribution in [0.25, 0.3) is 0 Å². The van der Waals surface area contributed by atoms with Crippen LogP contribution in [0.2, 0.25) is 0 Å². The Bertz CT molecular complexity index is 826. The lowest BCUT2D eigenvalue weighted by atomic mass is 9.91. The van der Waals surface area contributed by atoms with Gasteiger partial charge in [-0.05, 0) is 35.2 Å². The molecule has 2 amide bonds. The standard InChI is InChI=1S/C22H25N3O2/c1-15(2)16-5-7-20(8-6-16)25-14-18(10-21(25)26)22(27)24-12-19(13-24)17-4-3-9-23-11-17/h3-9,11,15,18-19H,10,12-14H2,1-2H3/t18-/m1/s1. The molecule has 5 heteroatoms. The molecule has 2 fully saturated rings. The number of likely N-dealkylation sites (tertiary alicyclic amines) is 1. The molecule has 2 aliphatic heterocycles. The summed E-state index contributed by atoms with van der Waals surface area (Å²) in [5.74, 6) is 0.721. The molecule has 27 heavy (non-hydrogen) atoms. The molecule has 4 rings (SSSR count). The van der Waals surface area contributed by atoms with Crippen LogP contribution in [-0.4, -0.2) is 41.3 Å². The largest absolute Gasteiger partial charge is 0.341 e. The second-order valence-electron chi connectivity index (χ2n) is 7.88. The number of amides is 2. The van der Waals surface area contributed by atoms with Crippen molar-refractivity contribution in [2.75, 3.05) is 24.5 Å². The number of benzene rings is 1. The molecular weight excluding hydrogens is 338 g/mol. The third-order valence-electron chi connectivity index (χ3n) is 5.69. The summed E-state index contributed by atoms with van der Waals surface area (Å²) in [7, 11) is 0. The number of aromatic nitrogens is 1. The van der Waals surface area contributed by atoms with E-state index in [0.717, 1.165) is 18.8 Å². The van der Waals surface area contributed by atoms with E-state index in [1.165, 1.54) is 11.1 Å². The Balaban J connectivity index is 1.37. The number of nitrogens with zero attached hydrogens (tertiary/aromatic N) is 3. The van der Waals surface area contributed by atoms with E-state index in [1.54, 1.807) is 11.1 Å². The van der Waals surface area contributed by atoms with Gasteiger partial charge in [0.15, 0.2) is 0 Å². The van der Waals surface area contributed by atoms with E-state index in [9.17, 15) is 9.59 Å². The number of carbonyl (C=O) groups excluding carboxylic acids is 2. The molecule has 0 N–H and O–H groups in total. The number of hydrogen-bond acceptors (Lipinski definition) is 3. The fraction of sp³-hybridized carbons (Fsp3) is 0.409. The van der Waals surface area contributed by atoms with Crippen molar-refractivity contribution in [3.05, 3.63) is 59.9 Å². The molecular formula is C22H25N3O2. The molecule has 2 saturated heterocycles. The number of carbonyl (C=O) groups is 2. The summed E-state index contributed by atoms with van der Waals surface area (Å²) in [6, 6.07) is 12.1. The highest BCUT2D eigenvalue weighted by molar-refractivity contribution is 6.00. The van der Waals surface area contributed by atoms with E-state index in [-0.39, 0.29) is 17.7 Å². The molecule has 1 aromatic heterocycles. The summed E-state index contributed by atoms with van der Waals surface area (Å²) < 4.78 is 0. The number of anilines is 1. The Labute approximate surface area is 160 Å². The summed E-state index contributed by atoms with van der Waals surface area (Å²) in [5, 5.41) is 0. The topological polar surface area (TPSA) is 53.5 Å². The first-order valence-corrected chi connectivity index (χ1v) is 9.62. The van der Waals surface area contributed by atoms with Gasteiger partial charge >= 0.3 is 0 Å². The molecule has 3 heterocycles. The van der Waals surface area contributed by atoms with E-state index >= 15 is 0 Å². The van der Waals surface area contributed by atoms with Gasteiger partial charge < -0.3 is 9.80 Å². The first-order valence-electron chi connectivity index (χ1n) is 9.62. The van der Waals surface area contributed by atoms with Crippen LogP contribution in [0.5, 0.6) is 0 Å². The lowest BCUT2D eigenvalue weighted by Gasteiger charge is -2.40. The first-order chi connectivity index (χ1) is 13.0. The Kier molecular flexibility index (Phi) is 4.68. The van der Waals surface area contributed by atoms with E-state index in [1.807, 2.05) is 29.3 Å². The van der Waals surface area contributed by atoms with Crippen molar-refractivity contribution in [1.29, 1.82) is 0 Å². The molecule has 0 aliphatic carbocycles. The number of hydrogen-bond donors (Lipinski definition) is 0. The highest BCUT2D eigenvalue weighted by Crippen LogP contribution is 2.32. The Morgan fingerprint density at radius 1 is 1.11 bits per heavy atom. The van der Waals surface area contributed by atoms with E-state index in [0.29, 0.717) is 24.8 Å². The molecule has 0 saturated carbocycles. The fourth-order valence-corrected chi connectivity index (χ4v) is 3.91. The summed E-state index contributed by atoms with van der Waals surface area (Å²) in [4.78, 5) is 33.1. The normalized spacial score (nSPS) is 20.3. The van der Waals surface area contributed by atoms with E-state index < -0.39 is 0 Å². The average Bonchev–Trinajstić information content (AvgIpc) is 3.03. The van der Waals surface area contributed by atoms with Gasteiger partial charge in [0.05, 0.1) is 5.92 Å². The van der Waals surface area contributed by atoms with Crippen LogP contribution < -0.4 is 4.90 Å². The second kappa shape index (κ2) is 7.14. The molecule has 140 valence electrons. The average molecular weight is 363 g/mol. The molecule has 2 aliphatic rings. The zero-order valence-electron chi connectivity index (χ0n) is 15.8. The van der Waals surface area contributed by atoms with Crippen molar-refractivity contribution >= 4 is 17.5 Å². The second-order valence-corrected chi connectivity index (χ2v) is 7.88. The van der Waals surface area contributed by atoms with Gasteiger partial charge in [0.2, 0.25) is 11.8 Å². The van der Waals surface area contributed by atoms with Crippen molar-refractivity contribution < 1.29 is 9.59 Å². The van der Waals surface area contributed by atoms with Crippen molar-refractivity contribution in [2.45, 2.75) is 32.1 Å². The van der Waals surface area contributed by atoms with Crippen LogP contribution in [-0.2, 0) is 9.59 Å². The summed E-state index contributed by atoms with van der Waals surface area (Å²) in [6.45, 7) is 6.22. The zero-order valence-corrected chi connectivity index (χ0v) is 15.8. The fourth-order valence-electron chi connectivity index (χ4n) is 3.91. The predicted octanol–water partition coefficient (Wildman–Crippen LogP) is 3.18. The number of pyridine rings is 1. The van der Waals surface area contributed by atoms with Gasteiger partial charge in [-0.15, -0.1) is 0 Å². The predicted molar refractivity (Wildman–Crippen MR) is 105 cm³/mol. The van der Waals surface area contributed by atoms with E-state index in [2.05, 4.69) is 37.0 Å². The smallest absolute Gasteiger partial charge is 0.228 e. The van der Waals surface area contributed by atoms with Crippen molar-refractivity contribution in [3.63, 3.8) is 0 Å². The van der Waals surface area contributed by atoms with Gasteiger partial charge in [0.25, 0.3) is 0 Å². The number of rotatable bonds is 4. The molecule has 1 atom stereocenters. The molecule has 2 aromatic rings. The minimum Gasteiger partial charge on any atom is -0.341 e. The van der Waals surface area contributed by atoms with Gasteiger partial charge in [-0.3, -0.25) is 14.6 Å². The quantitative estimate of drug-likeness (QED) is 0.838. The van der Waals surface area contributed by atoms with Crippen molar-refractivity contribution in [2.24, 2.45) is 5.92 Å². The maximum atomic E-state index is 12.8. The monoisotopic (exact) mass is 363 g/mol. The molecule has 0 unspecified atom stereocenters. The Morgan fingerprint density at radius 3 is 2.48 bits per heavy atom. The Hall–Kier alpha value is -2.69. The summed E-state index contributed by atoms with van der Waals surface area (Å²) in [6.07, 6.45) is 3.93. The van der Waals surface area contributed by atoms with Gasteiger partial charge in [-0.1, -0.05) is 32.0 Å². The molecule has 0 bridgehead atoms. The van der Waals surface area contributed by atoms with E-state index in [4.69, 9.17) is 0 Å². The van der Waals surface area contributed by atoms with Crippen molar-refractivity contribution in [3.8, 4) is 0 Å². The van der Waals surface area contributed by atoms with Gasteiger partial charge in [0, 0.05) is 50.1 Å². The molecule has 0 spiro atoms. The lowest BCUT2D eigenvalue weighted by molar-refractivity contribution is -0.140. The van der Waals surface area contributed by atoms with Gasteiger partial charge in [-0.25, -0.2) is 0 Å².